The summed E-state index contributed by atoms with van der Waals surface area (Å²) in [5.41, 5.74) is 2.80. The summed E-state index contributed by atoms with van der Waals surface area (Å²) in [5.74, 6) is -2.21. The van der Waals surface area contributed by atoms with Crippen molar-refractivity contribution in [2.24, 2.45) is 5.92 Å². The topological polar surface area (TPSA) is 172 Å². The molecule has 53 heavy (non-hydrogen) atoms. The molecule has 0 fully saturated rings. The van der Waals surface area contributed by atoms with Crippen LogP contribution < -0.4 is 16.0 Å². The molecule has 1 aromatic heterocycles. The molecule has 0 radical (unpaired) electrons. The fourth-order valence-electron chi connectivity index (χ4n) is 5.94. The summed E-state index contributed by atoms with van der Waals surface area (Å²) in [4.78, 5) is 61.3. The van der Waals surface area contributed by atoms with E-state index in [1.807, 2.05) is 105 Å². The van der Waals surface area contributed by atoms with E-state index in [9.17, 15) is 24.3 Å². The van der Waals surface area contributed by atoms with E-state index in [4.69, 9.17) is 9.47 Å². The Morgan fingerprint density at radius 3 is 1.98 bits per heavy atom. The summed E-state index contributed by atoms with van der Waals surface area (Å²) in [7, 11) is 0. The number of rotatable bonds is 17. The van der Waals surface area contributed by atoms with Crippen molar-refractivity contribution in [3.63, 3.8) is 0 Å². The summed E-state index contributed by atoms with van der Waals surface area (Å²) in [6, 6.07) is 28.2. The van der Waals surface area contributed by atoms with Crippen molar-refractivity contribution in [2.75, 3.05) is 0 Å². The van der Waals surface area contributed by atoms with E-state index in [1.54, 1.807) is 18.3 Å². The van der Waals surface area contributed by atoms with Gasteiger partial charge in [-0.3, -0.25) is 9.59 Å². The number of amides is 3. The van der Waals surface area contributed by atoms with Crippen LogP contribution in [0.15, 0.2) is 116 Å². The summed E-state index contributed by atoms with van der Waals surface area (Å²) in [5, 5.41) is 21.2. The van der Waals surface area contributed by atoms with Crippen LogP contribution in [-0.2, 0) is 49.9 Å². The average molecular weight is 720 g/mol. The van der Waals surface area contributed by atoms with Gasteiger partial charge >= 0.3 is 12.1 Å². The second kappa shape index (κ2) is 19.0. The maximum atomic E-state index is 14.1. The third-order valence-electron chi connectivity index (χ3n) is 8.63. The van der Waals surface area contributed by atoms with Crippen LogP contribution in [0, 0.1) is 5.92 Å². The van der Waals surface area contributed by atoms with Crippen molar-refractivity contribution in [1.29, 1.82) is 0 Å². The minimum absolute atomic E-state index is 0.00712. The highest BCUT2D eigenvalue weighted by atomic mass is 16.6. The van der Waals surface area contributed by atoms with Gasteiger partial charge in [-0.05, 0) is 39.8 Å². The van der Waals surface area contributed by atoms with E-state index in [-0.39, 0.29) is 38.4 Å². The van der Waals surface area contributed by atoms with Crippen LogP contribution >= 0.6 is 0 Å². The van der Waals surface area contributed by atoms with Crippen LogP contribution in [0.3, 0.4) is 0 Å². The lowest BCUT2D eigenvalue weighted by Gasteiger charge is -2.28. The van der Waals surface area contributed by atoms with Crippen LogP contribution in [0.2, 0.25) is 0 Å². The number of alkyl carbamates (subject to hydrolysis) is 1. The zero-order valence-electron chi connectivity index (χ0n) is 29.7. The van der Waals surface area contributed by atoms with Crippen molar-refractivity contribution in [2.45, 2.75) is 70.6 Å². The number of benzene rings is 4. The number of hydrogen-bond acceptors (Lipinski definition) is 8. The average Bonchev–Trinajstić information content (AvgIpc) is 3.69. The first-order valence-electron chi connectivity index (χ1n) is 17.6. The number of aromatic nitrogens is 2. The van der Waals surface area contributed by atoms with E-state index >= 15 is 0 Å². The van der Waals surface area contributed by atoms with E-state index in [0.717, 1.165) is 27.5 Å². The number of H-pyrrole nitrogens is 1. The number of fused-ring (bicyclic) bond motifs is 1. The summed E-state index contributed by atoms with van der Waals surface area (Å²) < 4.78 is 10.8. The quantitative estimate of drug-likeness (QED) is 0.0857. The number of ether oxygens (including phenoxy) is 2. The van der Waals surface area contributed by atoms with Crippen LogP contribution in [0.5, 0.6) is 0 Å². The molecule has 5 aromatic rings. The molecule has 276 valence electrons. The summed E-state index contributed by atoms with van der Waals surface area (Å²) in [6.07, 6.45) is 0.877. The fraction of sp³-hybridized carbons (Fsp3) is 0.293. The number of nitrogens with zero attached hydrogens (tertiary/aromatic N) is 1. The minimum atomic E-state index is -1.67. The molecule has 5 rings (SSSR count). The normalized spacial score (nSPS) is 13.4. The van der Waals surface area contributed by atoms with Gasteiger partial charge in [-0.15, -0.1) is 0 Å². The third-order valence-corrected chi connectivity index (χ3v) is 8.63. The first-order chi connectivity index (χ1) is 25.7. The molecule has 12 nitrogen and oxygen atoms in total. The summed E-state index contributed by atoms with van der Waals surface area (Å²) >= 11 is 0. The van der Waals surface area contributed by atoms with Crippen molar-refractivity contribution >= 4 is 34.6 Å². The number of hydrogen-bond donors (Lipinski definition) is 5. The molecule has 0 unspecified atom stereocenters. The van der Waals surface area contributed by atoms with Gasteiger partial charge in [0, 0.05) is 19.0 Å². The second-order valence-electron chi connectivity index (χ2n) is 13.2. The molecular formula is C41H45N5O7. The van der Waals surface area contributed by atoms with Crippen LogP contribution in [0.1, 0.15) is 42.7 Å². The largest absolute Gasteiger partial charge is 0.459 e. The lowest BCUT2D eigenvalue weighted by molar-refractivity contribution is -0.157. The van der Waals surface area contributed by atoms with Gasteiger partial charge in [0.1, 0.15) is 25.3 Å². The van der Waals surface area contributed by atoms with Crippen molar-refractivity contribution in [3.8, 4) is 0 Å². The lowest BCUT2D eigenvalue weighted by atomic mass is 9.97. The molecular weight excluding hydrogens is 674 g/mol. The van der Waals surface area contributed by atoms with E-state index in [0.29, 0.717) is 5.69 Å². The molecule has 0 aliphatic heterocycles. The van der Waals surface area contributed by atoms with Crippen LogP contribution in [0.25, 0.3) is 10.8 Å². The van der Waals surface area contributed by atoms with Gasteiger partial charge in [0.05, 0.1) is 18.1 Å². The summed E-state index contributed by atoms with van der Waals surface area (Å²) in [6.45, 7) is 3.73. The molecule has 12 heteroatoms. The highest BCUT2D eigenvalue weighted by Crippen LogP contribution is 2.20. The highest BCUT2D eigenvalue weighted by molar-refractivity contribution is 5.93. The van der Waals surface area contributed by atoms with Gasteiger partial charge in [0.15, 0.2) is 6.10 Å². The van der Waals surface area contributed by atoms with Gasteiger partial charge < -0.3 is 35.5 Å². The van der Waals surface area contributed by atoms with E-state index in [1.165, 1.54) is 6.33 Å². The van der Waals surface area contributed by atoms with Gasteiger partial charge in [-0.2, -0.15) is 0 Å². The molecule has 3 amide bonds. The number of aliphatic hydroxyl groups excluding tert-OH is 1. The number of esters is 1. The third kappa shape index (κ3) is 11.5. The highest BCUT2D eigenvalue weighted by Gasteiger charge is 2.34. The number of carbonyl (C=O) groups excluding carboxylic acids is 4. The predicted octanol–water partition coefficient (Wildman–Crippen LogP) is 4.76. The van der Waals surface area contributed by atoms with Gasteiger partial charge in [0.25, 0.3) is 0 Å². The molecule has 0 bridgehead atoms. The standard InChI is InChI=1S/C41H45N5O7/c1-27(2)20-34(37(47)40(50)52-24-28-12-5-3-6-13-28)44-39(49)36(22-32-23-42-26-43-32)45-38(48)35(46-41(51)53-25-29-14-7-4-8-15-29)21-31-18-11-17-30-16-9-10-19-33(30)31/h3-19,23,26-27,34-37,47H,20-22,24-25H2,1-2H3,(H,42,43)(H,44,49)(H,45,48)(H,46,51)/t34-,35-,36-,37-/m0/s1. The molecule has 5 N–H and O–H groups in total. The smallest absolute Gasteiger partial charge is 0.408 e. The Bertz CT molecular complexity index is 1930. The Kier molecular flexibility index (Phi) is 13.7. The van der Waals surface area contributed by atoms with Gasteiger partial charge in [-0.1, -0.05) is 117 Å². The maximum absolute atomic E-state index is 14.1. The number of aliphatic hydroxyl groups is 1. The molecule has 0 aliphatic rings. The van der Waals surface area contributed by atoms with Crippen LogP contribution in [0.4, 0.5) is 4.79 Å². The van der Waals surface area contributed by atoms with Gasteiger partial charge in [0.2, 0.25) is 11.8 Å². The Morgan fingerprint density at radius 1 is 0.717 bits per heavy atom. The molecule has 4 aromatic carbocycles. The molecule has 4 atom stereocenters. The minimum Gasteiger partial charge on any atom is -0.459 e. The number of carbonyl (C=O) groups is 4. The predicted molar refractivity (Wildman–Crippen MR) is 199 cm³/mol. The Morgan fingerprint density at radius 2 is 1.32 bits per heavy atom. The van der Waals surface area contributed by atoms with Crippen LogP contribution in [-0.4, -0.2) is 63.2 Å². The number of nitrogens with one attached hydrogen (secondary N) is 4. The Hall–Kier alpha value is -6.01. The monoisotopic (exact) mass is 719 g/mol. The Balaban J connectivity index is 1.35. The van der Waals surface area contributed by atoms with E-state index in [2.05, 4.69) is 25.9 Å². The van der Waals surface area contributed by atoms with Crippen molar-refractivity contribution in [3.05, 3.63) is 138 Å². The number of aromatic amines is 1. The van der Waals surface area contributed by atoms with Gasteiger partial charge in [-0.25, -0.2) is 14.6 Å². The molecule has 1 heterocycles. The first kappa shape index (κ1) is 38.2. The van der Waals surface area contributed by atoms with Crippen molar-refractivity contribution in [1.82, 2.24) is 25.9 Å². The zero-order valence-corrected chi connectivity index (χ0v) is 29.7. The second-order valence-corrected chi connectivity index (χ2v) is 13.2. The molecule has 0 aliphatic carbocycles. The Labute approximate surface area is 308 Å². The molecule has 0 saturated heterocycles. The molecule has 0 spiro atoms. The maximum Gasteiger partial charge on any atom is 0.408 e. The first-order valence-corrected chi connectivity index (χ1v) is 17.6. The van der Waals surface area contributed by atoms with Crippen molar-refractivity contribution < 1.29 is 33.8 Å². The lowest BCUT2D eigenvalue weighted by Crippen LogP contribution is -2.58. The SMILES string of the molecule is CC(C)C[C@H](NC(=O)[C@H](Cc1c[nH]cn1)NC(=O)[C@H](Cc1cccc2ccccc12)NC(=O)OCc1ccccc1)[C@H](O)C(=O)OCc1ccccc1. The zero-order chi connectivity index (χ0) is 37.6. The number of imidazole rings is 1. The fourth-order valence-corrected chi connectivity index (χ4v) is 5.94. The van der Waals surface area contributed by atoms with E-state index < -0.39 is 48.1 Å². The molecule has 0 saturated carbocycles.